The first-order valence-electron chi connectivity index (χ1n) is 11.5. The van der Waals surface area contributed by atoms with E-state index in [4.69, 9.17) is 32.9 Å². The number of aromatic nitrogens is 2. The number of halogens is 2. The number of para-hydroxylation sites is 1. The van der Waals surface area contributed by atoms with Gasteiger partial charge in [-0.15, -0.1) is 0 Å². The summed E-state index contributed by atoms with van der Waals surface area (Å²) >= 11 is 13.6. The standard InChI is InChI=1S/C27H20Cl2N4O4S2/c1-37-23-13-12-21(29)25-24(23)31-27(38-25)33(16-17-5-4-14-30-15-17)26(34)20-6-2-3-7-22(20)32-39(35,36)19-10-8-18(28)9-11-19/h2-15,32H,16H2,1H3. The molecule has 8 nitrogen and oxygen atoms in total. The molecule has 1 N–H and O–H groups in total. The SMILES string of the molecule is COc1ccc(Cl)c2sc(N(Cc3cccnc3)C(=O)c3ccccc3NS(=O)(=O)c3ccc(Cl)cc3)nc12. The maximum atomic E-state index is 14.1. The van der Waals surface area contributed by atoms with Gasteiger partial charge in [-0.3, -0.25) is 19.4 Å². The summed E-state index contributed by atoms with van der Waals surface area (Å²) in [4.78, 5) is 24.4. The van der Waals surface area contributed by atoms with Gasteiger partial charge in [-0.05, 0) is 60.2 Å². The summed E-state index contributed by atoms with van der Waals surface area (Å²) in [5.41, 5.74) is 1.52. The number of carbonyl (C=O) groups excluding carboxylic acids is 1. The lowest BCUT2D eigenvalue weighted by Gasteiger charge is -2.22. The van der Waals surface area contributed by atoms with Crippen molar-refractivity contribution >= 4 is 71.5 Å². The minimum atomic E-state index is -4.01. The number of benzene rings is 3. The molecule has 0 aliphatic heterocycles. The Morgan fingerprint density at radius 1 is 1.03 bits per heavy atom. The van der Waals surface area contributed by atoms with E-state index in [1.54, 1.807) is 48.8 Å². The molecule has 2 aromatic heterocycles. The number of nitrogens with one attached hydrogen (secondary N) is 1. The summed E-state index contributed by atoms with van der Waals surface area (Å²) in [6, 6.07) is 19.2. The van der Waals surface area contributed by atoms with Crippen LogP contribution < -0.4 is 14.4 Å². The topological polar surface area (TPSA) is 101 Å². The van der Waals surface area contributed by atoms with Crippen molar-refractivity contribution in [3.63, 3.8) is 0 Å². The highest BCUT2D eigenvalue weighted by Crippen LogP contribution is 2.39. The molecule has 2 heterocycles. The van der Waals surface area contributed by atoms with E-state index in [9.17, 15) is 13.2 Å². The summed E-state index contributed by atoms with van der Waals surface area (Å²) in [6.45, 7) is 0.130. The lowest BCUT2D eigenvalue weighted by Crippen LogP contribution is -2.31. The van der Waals surface area contributed by atoms with Gasteiger partial charge < -0.3 is 4.74 Å². The molecule has 0 bridgehead atoms. The summed E-state index contributed by atoms with van der Waals surface area (Å²) in [6.07, 6.45) is 3.29. The number of sulfonamides is 1. The highest BCUT2D eigenvalue weighted by atomic mass is 35.5. The quantitative estimate of drug-likeness (QED) is 0.214. The monoisotopic (exact) mass is 598 g/mol. The highest BCUT2D eigenvalue weighted by molar-refractivity contribution is 7.92. The number of anilines is 2. The Morgan fingerprint density at radius 2 is 1.79 bits per heavy atom. The van der Waals surface area contributed by atoms with Gasteiger partial charge in [0, 0.05) is 17.4 Å². The molecule has 0 aliphatic rings. The number of thiazole rings is 1. The summed E-state index contributed by atoms with van der Waals surface area (Å²) in [5, 5.41) is 1.24. The van der Waals surface area contributed by atoms with Crippen LogP contribution in [0.2, 0.25) is 10.0 Å². The number of nitrogens with zero attached hydrogens (tertiary/aromatic N) is 3. The molecule has 1 amide bonds. The molecule has 5 aromatic rings. The first kappa shape index (κ1) is 26.9. The predicted molar refractivity (Wildman–Crippen MR) is 155 cm³/mol. The molecule has 0 radical (unpaired) electrons. The van der Waals surface area contributed by atoms with Crippen molar-refractivity contribution in [3.8, 4) is 5.75 Å². The van der Waals surface area contributed by atoms with Gasteiger partial charge in [0.15, 0.2) is 5.13 Å². The minimum absolute atomic E-state index is 0.00859. The number of amides is 1. The zero-order valence-electron chi connectivity index (χ0n) is 20.3. The van der Waals surface area contributed by atoms with Gasteiger partial charge in [-0.25, -0.2) is 13.4 Å². The molecule has 39 heavy (non-hydrogen) atoms. The van der Waals surface area contributed by atoms with E-state index in [1.165, 1.54) is 53.7 Å². The van der Waals surface area contributed by atoms with Crippen molar-refractivity contribution in [2.75, 3.05) is 16.7 Å². The Hall–Kier alpha value is -3.70. The van der Waals surface area contributed by atoms with E-state index in [0.29, 0.717) is 31.1 Å². The summed E-state index contributed by atoms with van der Waals surface area (Å²) in [7, 11) is -2.48. The van der Waals surface area contributed by atoms with Crippen LogP contribution in [0.15, 0.2) is 90.1 Å². The van der Waals surface area contributed by atoms with Gasteiger partial charge in [0.25, 0.3) is 15.9 Å². The molecule has 0 saturated carbocycles. The second kappa shape index (κ2) is 11.2. The van der Waals surface area contributed by atoms with Crippen LogP contribution in [-0.4, -0.2) is 31.4 Å². The fraction of sp³-hybridized carbons (Fsp3) is 0.0741. The van der Waals surface area contributed by atoms with E-state index in [-0.39, 0.29) is 22.7 Å². The Bertz CT molecular complexity index is 1760. The van der Waals surface area contributed by atoms with Crippen LogP contribution in [0.4, 0.5) is 10.8 Å². The second-order valence-electron chi connectivity index (χ2n) is 8.28. The van der Waals surface area contributed by atoms with E-state index >= 15 is 0 Å². The third-order valence-corrected chi connectivity index (χ3v) is 8.90. The smallest absolute Gasteiger partial charge is 0.262 e. The molecule has 3 aromatic carbocycles. The van der Waals surface area contributed by atoms with Crippen molar-refractivity contribution in [2.24, 2.45) is 0 Å². The fourth-order valence-corrected chi connectivity index (χ4v) is 6.30. The summed E-state index contributed by atoms with van der Waals surface area (Å²) < 4.78 is 34.9. The van der Waals surface area contributed by atoms with E-state index in [0.717, 1.165) is 5.56 Å². The molecule has 5 rings (SSSR count). The number of hydrogen-bond acceptors (Lipinski definition) is 7. The average molecular weight is 600 g/mol. The maximum Gasteiger partial charge on any atom is 0.262 e. The number of methoxy groups -OCH3 is 1. The zero-order valence-corrected chi connectivity index (χ0v) is 23.5. The minimum Gasteiger partial charge on any atom is -0.494 e. The third kappa shape index (κ3) is 5.69. The molecular weight excluding hydrogens is 579 g/mol. The van der Waals surface area contributed by atoms with Crippen LogP contribution in [0, 0.1) is 0 Å². The van der Waals surface area contributed by atoms with Crippen molar-refractivity contribution < 1.29 is 17.9 Å². The highest BCUT2D eigenvalue weighted by Gasteiger charge is 2.27. The van der Waals surface area contributed by atoms with Crippen LogP contribution in [0.3, 0.4) is 0 Å². The second-order valence-corrected chi connectivity index (χ2v) is 11.8. The molecule has 0 spiro atoms. The summed E-state index contributed by atoms with van der Waals surface area (Å²) in [5.74, 6) is 0.0456. The molecule has 0 fully saturated rings. The average Bonchev–Trinajstić information content (AvgIpc) is 3.39. The van der Waals surface area contributed by atoms with E-state index in [2.05, 4.69) is 9.71 Å². The van der Waals surface area contributed by atoms with Gasteiger partial charge in [0.2, 0.25) is 0 Å². The molecule has 198 valence electrons. The fourth-order valence-electron chi connectivity index (χ4n) is 3.84. The number of rotatable bonds is 8. The molecular formula is C27H20Cl2N4O4S2. The van der Waals surface area contributed by atoms with E-state index in [1.807, 2.05) is 6.07 Å². The molecule has 0 saturated heterocycles. The van der Waals surface area contributed by atoms with Crippen LogP contribution in [-0.2, 0) is 16.6 Å². The van der Waals surface area contributed by atoms with Crippen LogP contribution >= 0.6 is 34.5 Å². The van der Waals surface area contributed by atoms with Crippen molar-refractivity contribution in [2.45, 2.75) is 11.4 Å². The first-order chi connectivity index (χ1) is 18.8. The number of hydrogen-bond donors (Lipinski definition) is 1. The van der Waals surface area contributed by atoms with Gasteiger partial charge in [0.05, 0.1) is 39.5 Å². The van der Waals surface area contributed by atoms with Gasteiger partial charge in [0.1, 0.15) is 11.3 Å². The predicted octanol–water partition coefficient (Wildman–Crippen LogP) is 6.65. The lowest BCUT2D eigenvalue weighted by atomic mass is 10.1. The number of pyridine rings is 1. The van der Waals surface area contributed by atoms with Crippen molar-refractivity contribution in [1.82, 2.24) is 9.97 Å². The van der Waals surface area contributed by atoms with E-state index < -0.39 is 15.9 Å². The molecule has 0 aliphatic carbocycles. The number of carbonyl (C=O) groups is 1. The van der Waals surface area contributed by atoms with Gasteiger partial charge >= 0.3 is 0 Å². The number of fused-ring (bicyclic) bond motifs is 1. The van der Waals surface area contributed by atoms with Crippen LogP contribution in [0.25, 0.3) is 10.2 Å². The Morgan fingerprint density at radius 3 is 2.51 bits per heavy atom. The van der Waals surface area contributed by atoms with Crippen LogP contribution in [0.5, 0.6) is 5.75 Å². The van der Waals surface area contributed by atoms with Gasteiger partial charge in [-0.2, -0.15) is 0 Å². The zero-order chi connectivity index (χ0) is 27.6. The first-order valence-corrected chi connectivity index (χ1v) is 14.5. The van der Waals surface area contributed by atoms with Crippen molar-refractivity contribution in [3.05, 3.63) is 106 Å². The Kier molecular flexibility index (Phi) is 7.72. The van der Waals surface area contributed by atoms with Crippen molar-refractivity contribution in [1.29, 1.82) is 0 Å². The Labute approximate surface area is 238 Å². The maximum absolute atomic E-state index is 14.1. The molecule has 0 atom stereocenters. The number of ether oxygens (including phenoxy) is 1. The van der Waals surface area contributed by atoms with Crippen LogP contribution in [0.1, 0.15) is 15.9 Å². The molecule has 12 heteroatoms. The Balaban J connectivity index is 1.58. The lowest BCUT2D eigenvalue weighted by molar-refractivity contribution is 0.0986. The third-order valence-electron chi connectivity index (χ3n) is 5.73. The largest absolute Gasteiger partial charge is 0.494 e. The van der Waals surface area contributed by atoms with Gasteiger partial charge in [-0.1, -0.05) is 52.7 Å². The molecule has 0 unspecified atom stereocenters. The normalized spacial score (nSPS) is 11.4.